The van der Waals surface area contributed by atoms with Crippen molar-refractivity contribution in [3.05, 3.63) is 90.1 Å². The lowest BCUT2D eigenvalue weighted by atomic mass is 9.97. The lowest BCUT2D eigenvalue weighted by molar-refractivity contribution is 0.668. The van der Waals surface area contributed by atoms with Crippen LogP contribution in [0.5, 0.6) is 0 Å². The molecule has 2 aromatic heterocycles. The summed E-state index contributed by atoms with van der Waals surface area (Å²) in [4.78, 5) is 4.51. The summed E-state index contributed by atoms with van der Waals surface area (Å²) in [6.07, 6.45) is 1.81. The number of fused-ring (bicyclic) bond motifs is 3. The van der Waals surface area contributed by atoms with Crippen LogP contribution in [0.25, 0.3) is 44.3 Å². The fourth-order valence-electron chi connectivity index (χ4n) is 3.72. The van der Waals surface area contributed by atoms with Gasteiger partial charge in [-0.3, -0.25) is 4.98 Å². The van der Waals surface area contributed by atoms with Gasteiger partial charge in [-0.25, -0.2) is 0 Å². The Morgan fingerprint density at radius 2 is 1.64 bits per heavy atom. The number of aromatic nitrogens is 1. The highest BCUT2D eigenvalue weighted by Gasteiger charge is 2.18. The van der Waals surface area contributed by atoms with Crippen LogP contribution in [-0.2, 0) is 0 Å². The van der Waals surface area contributed by atoms with E-state index in [4.69, 9.17) is 4.42 Å². The molecular formula is C25H16N2O. The van der Waals surface area contributed by atoms with Crippen LogP contribution in [0.15, 0.2) is 83.4 Å². The molecule has 5 aromatic rings. The number of nitriles is 1. The third-order valence-electron chi connectivity index (χ3n) is 5.06. The molecular weight excluding hydrogens is 344 g/mol. The van der Waals surface area contributed by atoms with Gasteiger partial charge < -0.3 is 4.42 Å². The van der Waals surface area contributed by atoms with Gasteiger partial charge in [0.2, 0.25) is 0 Å². The van der Waals surface area contributed by atoms with Crippen molar-refractivity contribution in [1.29, 1.82) is 5.26 Å². The first-order chi connectivity index (χ1) is 13.8. The summed E-state index contributed by atoms with van der Waals surface area (Å²) < 4.78 is 6.30. The summed E-state index contributed by atoms with van der Waals surface area (Å²) in [5.74, 6) is 0. The van der Waals surface area contributed by atoms with E-state index in [0.29, 0.717) is 11.1 Å². The molecule has 28 heavy (non-hydrogen) atoms. The van der Waals surface area contributed by atoms with E-state index in [9.17, 15) is 5.26 Å². The highest BCUT2D eigenvalue weighted by molar-refractivity contribution is 6.11. The average molecular weight is 360 g/mol. The number of rotatable bonds is 2. The minimum Gasteiger partial charge on any atom is -0.454 e. The molecule has 3 heteroatoms. The molecule has 0 fully saturated rings. The van der Waals surface area contributed by atoms with Crippen molar-refractivity contribution < 1.29 is 4.42 Å². The Bertz CT molecular complexity index is 1370. The summed E-state index contributed by atoms with van der Waals surface area (Å²) in [5.41, 5.74) is 6.77. The van der Waals surface area contributed by atoms with Gasteiger partial charge in [-0.15, -0.1) is 0 Å². The van der Waals surface area contributed by atoms with Crippen LogP contribution in [0.4, 0.5) is 0 Å². The largest absolute Gasteiger partial charge is 0.454 e. The molecule has 132 valence electrons. The van der Waals surface area contributed by atoms with E-state index in [0.717, 1.165) is 44.3 Å². The summed E-state index contributed by atoms with van der Waals surface area (Å²) in [7, 11) is 0. The Balaban J connectivity index is 1.84. The highest BCUT2D eigenvalue weighted by atomic mass is 16.3. The second-order valence-corrected chi connectivity index (χ2v) is 6.85. The Morgan fingerprint density at radius 1 is 0.821 bits per heavy atom. The first-order valence-corrected chi connectivity index (χ1v) is 9.13. The fourth-order valence-corrected chi connectivity index (χ4v) is 3.72. The standard InChI is InChI=1S/C25H16N2O/c1-16-12-13-27-23(14-16)21-9-5-8-19-20-11-10-18(17-6-3-2-4-7-17)22(15-26)25(20)28-24(19)21/h2-14H,1H3. The molecule has 3 nitrogen and oxygen atoms in total. The molecule has 0 radical (unpaired) electrons. The third-order valence-corrected chi connectivity index (χ3v) is 5.06. The van der Waals surface area contributed by atoms with Crippen molar-refractivity contribution in [1.82, 2.24) is 4.98 Å². The fraction of sp³-hybridized carbons (Fsp3) is 0.0400. The molecule has 0 aliphatic rings. The average Bonchev–Trinajstić information content (AvgIpc) is 3.12. The predicted octanol–water partition coefficient (Wildman–Crippen LogP) is 6.50. The van der Waals surface area contributed by atoms with Crippen LogP contribution in [0.2, 0.25) is 0 Å². The lowest BCUT2D eigenvalue weighted by Gasteiger charge is -2.04. The number of hydrogen-bond donors (Lipinski definition) is 0. The number of benzene rings is 3. The normalized spacial score (nSPS) is 11.0. The van der Waals surface area contributed by atoms with Crippen LogP contribution in [-0.4, -0.2) is 4.98 Å². The van der Waals surface area contributed by atoms with Crippen LogP contribution in [0.1, 0.15) is 11.1 Å². The van der Waals surface area contributed by atoms with E-state index >= 15 is 0 Å². The highest BCUT2D eigenvalue weighted by Crippen LogP contribution is 2.39. The van der Waals surface area contributed by atoms with Crippen LogP contribution < -0.4 is 0 Å². The first kappa shape index (κ1) is 16.3. The molecule has 0 N–H and O–H groups in total. The second kappa shape index (κ2) is 6.37. The van der Waals surface area contributed by atoms with Crippen molar-refractivity contribution in [2.24, 2.45) is 0 Å². The maximum absolute atomic E-state index is 9.90. The summed E-state index contributed by atoms with van der Waals surface area (Å²) in [6.45, 7) is 2.05. The van der Waals surface area contributed by atoms with E-state index in [-0.39, 0.29) is 0 Å². The molecule has 0 amide bonds. The molecule has 0 aliphatic heterocycles. The SMILES string of the molecule is Cc1ccnc(-c2cccc3c2oc2c(C#N)c(-c4ccccc4)ccc23)c1. The van der Waals surface area contributed by atoms with E-state index in [1.54, 1.807) is 6.20 Å². The topological polar surface area (TPSA) is 49.8 Å². The van der Waals surface area contributed by atoms with E-state index < -0.39 is 0 Å². The molecule has 5 rings (SSSR count). The molecule has 0 spiro atoms. The third kappa shape index (κ3) is 2.47. The molecule has 0 aliphatic carbocycles. The van der Waals surface area contributed by atoms with E-state index in [2.05, 4.69) is 11.1 Å². The van der Waals surface area contributed by atoms with Gasteiger partial charge in [-0.2, -0.15) is 5.26 Å². The number of nitrogens with zero attached hydrogens (tertiary/aromatic N) is 2. The summed E-state index contributed by atoms with van der Waals surface area (Å²) in [5, 5.41) is 11.8. The minimum absolute atomic E-state index is 0.558. The van der Waals surface area contributed by atoms with E-state index in [1.807, 2.05) is 79.7 Å². The Morgan fingerprint density at radius 3 is 2.43 bits per heavy atom. The van der Waals surface area contributed by atoms with Gasteiger partial charge in [0.25, 0.3) is 0 Å². The van der Waals surface area contributed by atoms with E-state index in [1.165, 1.54) is 0 Å². The zero-order valence-corrected chi connectivity index (χ0v) is 15.3. The van der Waals surface area contributed by atoms with Crippen molar-refractivity contribution >= 4 is 21.9 Å². The quantitative estimate of drug-likeness (QED) is 0.361. The predicted molar refractivity (Wildman–Crippen MR) is 112 cm³/mol. The lowest BCUT2D eigenvalue weighted by Crippen LogP contribution is -1.84. The van der Waals surface area contributed by atoms with Gasteiger partial charge in [0, 0.05) is 28.1 Å². The van der Waals surface area contributed by atoms with Crippen molar-refractivity contribution in [3.8, 4) is 28.5 Å². The molecule has 3 aromatic carbocycles. The zero-order valence-electron chi connectivity index (χ0n) is 15.3. The van der Waals surface area contributed by atoms with Crippen molar-refractivity contribution in [3.63, 3.8) is 0 Å². The van der Waals surface area contributed by atoms with Gasteiger partial charge in [0.05, 0.1) is 5.69 Å². The molecule has 0 saturated carbocycles. The Kier molecular flexibility index (Phi) is 3.70. The van der Waals surface area contributed by atoms with Gasteiger partial charge in [-0.1, -0.05) is 48.5 Å². The maximum Gasteiger partial charge on any atom is 0.153 e. The number of para-hydroxylation sites is 1. The Hall–Kier alpha value is -3.90. The van der Waals surface area contributed by atoms with Gasteiger partial charge in [-0.05, 0) is 42.3 Å². The maximum atomic E-state index is 9.90. The van der Waals surface area contributed by atoms with Gasteiger partial charge >= 0.3 is 0 Å². The molecule has 0 bridgehead atoms. The molecule has 0 saturated heterocycles. The smallest absolute Gasteiger partial charge is 0.153 e. The second-order valence-electron chi connectivity index (χ2n) is 6.85. The van der Waals surface area contributed by atoms with Crippen LogP contribution in [0.3, 0.4) is 0 Å². The zero-order chi connectivity index (χ0) is 19.1. The number of pyridine rings is 1. The summed E-state index contributed by atoms with van der Waals surface area (Å²) in [6, 6.07) is 26.4. The Labute approximate surface area is 162 Å². The number of furan rings is 1. The summed E-state index contributed by atoms with van der Waals surface area (Å²) >= 11 is 0. The number of aryl methyl sites for hydroxylation is 1. The molecule has 0 unspecified atom stereocenters. The van der Waals surface area contributed by atoms with Crippen molar-refractivity contribution in [2.75, 3.05) is 0 Å². The van der Waals surface area contributed by atoms with Gasteiger partial charge in [0.15, 0.2) is 5.58 Å². The molecule has 0 atom stereocenters. The van der Waals surface area contributed by atoms with Gasteiger partial charge in [0.1, 0.15) is 17.2 Å². The number of hydrogen-bond acceptors (Lipinski definition) is 3. The van der Waals surface area contributed by atoms with Crippen LogP contribution >= 0.6 is 0 Å². The minimum atomic E-state index is 0.558. The van der Waals surface area contributed by atoms with Crippen molar-refractivity contribution in [2.45, 2.75) is 6.92 Å². The van der Waals surface area contributed by atoms with Crippen LogP contribution in [0, 0.1) is 18.3 Å². The first-order valence-electron chi connectivity index (χ1n) is 9.13. The molecule has 2 heterocycles. The monoisotopic (exact) mass is 360 g/mol.